The van der Waals surface area contributed by atoms with Crippen LogP contribution in [0.3, 0.4) is 0 Å². The van der Waals surface area contributed by atoms with E-state index < -0.39 is 0 Å². The molecular weight excluding hydrogens is 225 g/mol. The van der Waals surface area contributed by atoms with E-state index in [4.69, 9.17) is 0 Å². The molecule has 1 aliphatic heterocycles. The topological polar surface area (TPSA) is 20.3 Å². The number of halogens is 1. The highest BCUT2D eigenvalue weighted by Crippen LogP contribution is 2.28. The van der Waals surface area contributed by atoms with Gasteiger partial charge in [0.1, 0.15) is 5.82 Å². The first-order valence-electron chi connectivity index (χ1n) is 5.29. The molecule has 1 aromatic rings. The maximum atomic E-state index is 13.6. The second kappa shape index (κ2) is 4.45. The Balaban J connectivity index is 2.30. The number of nitrogens with zero attached hydrogens (tertiary/aromatic N) is 1. The molecule has 0 aromatic heterocycles. The van der Waals surface area contributed by atoms with E-state index in [0.717, 1.165) is 5.56 Å². The summed E-state index contributed by atoms with van der Waals surface area (Å²) in [7, 11) is 0. The summed E-state index contributed by atoms with van der Waals surface area (Å²) in [4.78, 5) is 13.3. The number of carbonyl (C=O) groups is 1. The summed E-state index contributed by atoms with van der Waals surface area (Å²) < 4.78 is 13.6. The van der Waals surface area contributed by atoms with E-state index in [1.165, 1.54) is 11.0 Å². The number of aryl methyl sites for hydroxylation is 1. The molecule has 0 radical (unpaired) electrons. The van der Waals surface area contributed by atoms with Gasteiger partial charge in [-0.05, 0) is 36.3 Å². The fourth-order valence-electron chi connectivity index (χ4n) is 1.97. The Kier molecular flexibility index (Phi) is 3.19. The average Bonchev–Trinajstić information content (AvgIpc) is 2.63. The summed E-state index contributed by atoms with van der Waals surface area (Å²) in [5.41, 5.74) is 1.35. The van der Waals surface area contributed by atoms with Gasteiger partial charge in [0.2, 0.25) is 5.91 Å². The van der Waals surface area contributed by atoms with Crippen LogP contribution in [0.2, 0.25) is 0 Å². The number of hydrogen-bond donors (Lipinski definition) is 1. The van der Waals surface area contributed by atoms with Gasteiger partial charge in [0, 0.05) is 13.0 Å². The van der Waals surface area contributed by atoms with Crippen molar-refractivity contribution in [1.82, 2.24) is 0 Å². The van der Waals surface area contributed by atoms with Crippen molar-refractivity contribution in [3.8, 4) is 0 Å². The SMILES string of the molecule is Cc1ccc(F)c(N2CC(CS)CC2=O)c1. The van der Waals surface area contributed by atoms with Gasteiger partial charge in [-0.2, -0.15) is 12.6 Å². The second-order valence-electron chi connectivity index (χ2n) is 4.21. The average molecular weight is 239 g/mol. The van der Waals surface area contributed by atoms with Gasteiger partial charge in [-0.1, -0.05) is 6.07 Å². The number of amides is 1. The van der Waals surface area contributed by atoms with Gasteiger partial charge in [-0.25, -0.2) is 4.39 Å². The van der Waals surface area contributed by atoms with Crippen molar-refractivity contribution < 1.29 is 9.18 Å². The lowest BCUT2D eigenvalue weighted by Gasteiger charge is -2.17. The van der Waals surface area contributed by atoms with Crippen molar-refractivity contribution in [2.75, 3.05) is 17.2 Å². The minimum Gasteiger partial charge on any atom is -0.309 e. The lowest BCUT2D eigenvalue weighted by atomic mass is 10.1. The molecule has 0 saturated carbocycles. The summed E-state index contributed by atoms with van der Waals surface area (Å²) >= 11 is 4.18. The van der Waals surface area contributed by atoms with Crippen molar-refractivity contribution >= 4 is 24.2 Å². The van der Waals surface area contributed by atoms with Crippen LogP contribution in [-0.2, 0) is 4.79 Å². The molecule has 1 unspecified atom stereocenters. The Morgan fingerprint density at radius 1 is 1.56 bits per heavy atom. The summed E-state index contributed by atoms with van der Waals surface area (Å²) in [5, 5.41) is 0. The first-order valence-corrected chi connectivity index (χ1v) is 5.92. The van der Waals surface area contributed by atoms with Gasteiger partial charge in [-0.15, -0.1) is 0 Å². The fraction of sp³-hybridized carbons (Fsp3) is 0.417. The van der Waals surface area contributed by atoms with E-state index in [-0.39, 0.29) is 17.6 Å². The van der Waals surface area contributed by atoms with Gasteiger partial charge in [-0.3, -0.25) is 4.79 Å². The largest absolute Gasteiger partial charge is 0.309 e. The van der Waals surface area contributed by atoms with Crippen molar-refractivity contribution in [3.63, 3.8) is 0 Å². The number of benzene rings is 1. The van der Waals surface area contributed by atoms with Crippen LogP contribution in [0.1, 0.15) is 12.0 Å². The van der Waals surface area contributed by atoms with Gasteiger partial charge in [0.25, 0.3) is 0 Å². The molecule has 1 atom stereocenters. The van der Waals surface area contributed by atoms with Crippen molar-refractivity contribution in [1.29, 1.82) is 0 Å². The van der Waals surface area contributed by atoms with Gasteiger partial charge in [0.05, 0.1) is 5.69 Å². The van der Waals surface area contributed by atoms with Crippen molar-refractivity contribution in [3.05, 3.63) is 29.6 Å². The van der Waals surface area contributed by atoms with Crippen molar-refractivity contribution in [2.45, 2.75) is 13.3 Å². The van der Waals surface area contributed by atoms with Crippen molar-refractivity contribution in [2.24, 2.45) is 5.92 Å². The molecule has 1 heterocycles. The predicted octanol–water partition coefficient (Wildman–Crippen LogP) is 2.42. The van der Waals surface area contributed by atoms with E-state index in [0.29, 0.717) is 24.4 Å². The van der Waals surface area contributed by atoms with Crippen LogP contribution in [0.5, 0.6) is 0 Å². The second-order valence-corrected chi connectivity index (χ2v) is 4.58. The van der Waals surface area contributed by atoms with Crippen LogP contribution < -0.4 is 4.90 Å². The Bertz CT molecular complexity index is 421. The minimum atomic E-state index is -0.334. The Morgan fingerprint density at radius 2 is 2.31 bits per heavy atom. The molecule has 0 spiro atoms. The van der Waals surface area contributed by atoms with E-state index in [9.17, 15) is 9.18 Å². The van der Waals surface area contributed by atoms with Gasteiger partial charge < -0.3 is 4.90 Å². The molecular formula is C12H14FNOS. The fourth-order valence-corrected chi connectivity index (χ4v) is 2.21. The summed E-state index contributed by atoms with van der Waals surface area (Å²) in [6.45, 7) is 2.46. The first kappa shape index (κ1) is 11.5. The van der Waals surface area contributed by atoms with E-state index in [1.807, 2.05) is 6.92 Å². The van der Waals surface area contributed by atoms with E-state index >= 15 is 0 Å². The Labute approximate surface area is 99.9 Å². The zero-order valence-corrected chi connectivity index (χ0v) is 10.0. The molecule has 0 aliphatic carbocycles. The minimum absolute atomic E-state index is 0.0106. The summed E-state index contributed by atoms with van der Waals surface area (Å²) in [5.74, 6) is 0.549. The Morgan fingerprint density at radius 3 is 2.94 bits per heavy atom. The quantitative estimate of drug-likeness (QED) is 0.786. The standard InChI is InChI=1S/C12H14FNOS/c1-8-2-3-10(13)11(4-8)14-6-9(7-16)5-12(14)15/h2-4,9,16H,5-7H2,1H3. The Hall–Kier alpha value is -1.03. The maximum absolute atomic E-state index is 13.6. The highest BCUT2D eigenvalue weighted by molar-refractivity contribution is 7.80. The van der Waals surface area contributed by atoms with Crippen LogP contribution in [-0.4, -0.2) is 18.2 Å². The molecule has 2 rings (SSSR count). The monoisotopic (exact) mass is 239 g/mol. The molecule has 0 N–H and O–H groups in total. The smallest absolute Gasteiger partial charge is 0.227 e. The molecule has 1 amide bonds. The summed E-state index contributed by atoms with van der Waals surface area (Å²) in [6, 6.07) is 4.83. The molecule has 1 fully saturated rings. The molecule has 1 saturated heterocycles. The molecule has 86 valence electrons. The van der Waals surface area contributed by atoms with Crippen LogP contribution in [0.15, 0.2) is 18.2 Å². The van der Waals surface area contributed by atoms with Gasteiger partial charge >= 0.3 is 0 Å². The number of rotatable bonds is 2. The molecule has 2 nitrogen and oxygen atoms in total. The number of thiol groups is 1. The third-order valence-corrected chi connectivity index (χ3v) is 3.37. The van der Waals surface area contributed by atoms with E-state index in [2.05, 4.69) is 12.6 Å². The van der Waals surface area contributed by atoms with Crippen LogP contribution in [0, 0.1) is 18.7 Å². The zero-order valence-electron chi connectivity index (χ0n) is 9.11. The third-order valence-electron chi connectivity index (χ3n) is 2.86. The molecule has 4 heteroatoms. The molecule has 1 aromatic carbocycles. The zero-order chi connectivity index (χ0) is 11.7. The van der Waals surface area contributed by atoms with Crippen LogP contribution >= 0.6 is 12.6 Å². The van der Waals surface area contributed by atoms with Crippen LogP contribution in [0.25, 0.3) is 0 Å². The lowest BCUT2D eigenvalue weighted by Crippen LogP contribution is -2.25. The maximum Gasteiger partial charge on any atom is 0.227 e. The molecule has 0 bridgehead atoms. The van der Waals surface area contributed by atoms with Crippen LogP contribution in [0.4, 0.5) is 10.1 Å². The lowest BCUT2D eigenvalue weighted by molar-refractivity contribution is -0.117. The predicted molar refractivity (Wildman–Crippen MR) is 65.5 cm³/mol. The summed E-state index contributed by atoms with van der Waals surface area (Å²) in [6.07, 6.45) is 0.469. The number of carbonyl (C=O) groups excluding carboxylic acids is 1. The van der Waals surface area contributed by atoms with Gasteiger partial charge in [0.15, 0.2) is 0 Å². The number of anilines is 1. The highest BCUT2D eigenvalue weighted by atomic mass is 32.1. The van der Waals surface area contributed by atoms with E-state index in [1.54, 1.807) is 12.1 Å². The normalized spacial score (nSPS) is 20.6. The first-order chi connectivity index (χ1) is 7.61. The molecule has 1 aliphatic rings. The number of hydrogen-bond acceptors (Lipinski definition) is 2. The highest BCUT2D eigenvalue weighted by Gasteiger charge is 2.31. The molecule has 16 heavy (non-hydrogen) atoms. The third kappa shape index (κ3) is 2.07.